The maximum atomic E-state index is 11.8. The summed E-state index contributed by atoms with van der Waals surface area (Å²) in [5.41, 5.74) is 0.351. The minimum atomic E-state index is 0.0539. The second kappa shape index (κ2) is 5.15. The number of hydrogen-bond acceptors (Lipinski definition) is 3. The Morgan fingerprint density at radius 3 is 2.94 bits per heavy atom. The average Bonchev–Trinajstić information content (AvgIpc) is 2.85. The van der Waals surface area contributed by atoms with Gasteiger partial charge in [0.15, 0.2) is 0 Å². The van der Waals surface area contributed by atoms with E-state index in [2.05, 4.69) is 10.6 Å². The van der Waals surface area contributed by atoms with E-state index in [9.17, 15) is 4.79 Å². The molecule has 16 heavy (non-hydrogen) atoms. The van der Waals surface area contributed by atoms with Crippen LogP contribution in [-0.2, 0) is 9.53 Å². The Balaban J connectivity index is 1.68. The van der Waals surface area contributed by atoms with Crippen LogP contribution in [0.15, 0.2) is 0 Å². The molecule has 0 spiro atoms. The standard InChI is InChI=1S/C12H22N2O2/c1-16-8-6-12(4-5-12)9-14-11(15)10-3-2-7-13-10/h10,13H,2-9H2,1H3,(H,14,15)/t10-/m1/s1. The molecular weight excluding hydrogens is 204 g/mol. The van der Waals surface area contributed by atoms with Gasteiger partial charge in [-0.3, -0.25) is 4.79 Å². The molecule has 1 heterocycles. The predicted molar refractivity (Wildman–Crippen MR) is 62.2 cm³/mol. The van der Waals surface area contributed by atoms with Crippen LogP contribution in [0.3, 0.4) is 0 Å². The van der Waals surface area contributed by atoms with E-state index in [1.165, 1.54) is 12.8 Å². The molecule has 2 N–H and O–H groups in total. The Morgan fingerprint density at radius 1 is 1.56 bits per heavy atom. The van der Waals surface area contributed by atoms with Crippen molar-refractivity contribution >= 4 is 5.91 Å². The number of methoxy groups -OCH3 is 1. The molecule has 0 aromatic heterocycles. The van der Waals surface area contributed by atoms with Crippen molar-refractivity contribution in [2.75, 3.05) is 26.8 Å². The van der Waals surface area contributed by atoms with E-state index >= 15 is 0 Å². The molecule has 2 fully saturated rings. The van der Waals surface area contributed by atoms with Gasteiger partial charge in [-0.25, -0.2) is 0 Å². The van der Waals surface area contributed by atoms with Gasteiger partial charge in [0.25, 0.3) is 0 Å². The number of rotatable bonds is 6. The monoisotopic (exact) mass is 226 g/mol. The van der Waals surface area contributed by atoms with Crippen LogP contribution in [0.25, 0.3) is 0 Å². The summed E-state index contributed by atoms with van der Waals surface area (Å²) in [6.45, 7) is 2.61. The van der Waals surface area contributed by atoms with Gasteiger partial charge in [-0.2, -0.15) is 0 Å². The van der Waals surface area contributed by atoms with Crippen LogP contribution >= 0.6 is 0 Å². The number of ether oxygens (including phenoxy) is 1. The molecule has 1 saturated heterocycles. The molecule has 1 aliphatic heterocycles. The number of amides is 1. The lowest BCUT2D eigenvalue weighted by atomic mass is 10.0. The summed E-state index contributed by atoms with van der Waals surface area (Å²) in [5, 5.41) is 6.30. The highest BCUT2D eigenvalue weighted by molar-refractivity contribution is 5.82. The SMILES string of the molecule is COCCC1(CNC(=O)[C@H]2CCCN2)CC1. The van der Waals surface area contributed by atoms with Gasteiger partial charge in [0.1, 0.15) is 0 Å². The number of carbonyl (C=O) groups excluding carboxylic acids is 1. The molecule has 0 unspecified atom stereocenters. The van der Waals surface area contributed by atoms with Crippen LogP contribution in [0.1, 0.15) is 32.1 Å². The third-order valence-electron chi connectivity index (χ3n) is 3.81. The van der Waals surface area contributed by atoms with Crippen molar-refractivity contribution in [1.82, 2.24) is 10.6 Å². The molecule has 1 aliphatic carbocycles. The van der Waals surface area contributed by atoms with E-state index in [1.807, 2.05) is 0 Å². The smallest absolute Gasteiger partial charge is 0.237 e. The lowest BCUT2D eigenvalue weighted by Gasteiger charge is -2.17. The molecule has 2 rings (SSSR count). The van der Waals surface area contributed by atoms with Gasteiger partial charge in [0, 0.05) is 20.3 Å². The third kappa shape index (κ3) is 2.95. The quantitative estimate of drug-likeness (QED) is 0.700. The highest BCUT2D eigenvalue weighted by atomic mass is 16.5. The average molecular weight is 226 g/mol. The lowest BCUT2D eigenvalue weighted by Crippen LogP contribution is -2.42. The maximum absolute atomic E-state index is 11.8. The lowest BCUT2D eigenvalue weighted by molar-refractivity contribution is -0.123. The van der Waals surface area contributed by atoms with Crippen LogP contribution in [0.4, 0.5) is 0 Å². The molecule has 0 aromatic carbocycles. The van der Waals surface area contributed by atoms with Gasteiger partial charge >= 0.3 is 0 Å². The van der Waals surface area contributed by atoms with Crippen molar-refractivity contribution in [3.05, 3.63) is 0 Å². The number of carbonyl (C=O) groups is 1. The van der Waals surface area contributed by atoms with E-state index < -0.39 is 0 Å². The van der Waals surface area contributed by atoms with Crippen LogP contribution < -0.4 is 10.6 Å². The Labute approximate surface area is 97.1 Å². The summed E-state index contributed by atoms with van der Waals surface area (Å²) in [4.78, 5) is 11.8. The second-order valence-corrected chi connectivity index (χ2v) is 5.11. The first-order valence-electron chi connectivity index (χ1n) is 6.26. The largest absolute Gasteiger partial charge is 0.385 e. The Morgan fingerprint density at radius 2 is 2.38 bits per heavy atom. The minimum absolute atomic E-state index is 0.0539. The zero-order valence-corrected chi connectivity index (χ0v) is 10.1. The van der Waals surface area contributed by atoms with Crippen LogP contribution in [0.2, 0.25) is 0 Å². The summed E-state index contributed by atoms with van der Waals surface area (Å²) in [6, 6.07) is 0.0539. The van der Waals surface area contributed by atoms with Gasteiger partial charge in [0.05, 0.1) is 6.04 Å². The van der Waals surface area contributed by atoms with Gasteiger partial charge in [-0.1, -0.05) is 0 Å². The topological polar surface area (TPSA) is 50.4 Å². The highest BCUT2D eigenvalue weighted by Gasteiger charge is 2.42. The first kappa shape index (κ1) is 11.9. The Hall–Kier alpha value is -0.610. The summed E-state index contributed by atoms with van der Waals surface area (Å²) in [7, 11) is 1.73. The molecule has 0 radical (unpaired) electrons. The Bertz CT molecular complexity index is 245. The third-order valence-corrected chi connectivity index (χ3v) is 3.81. The first-order chi connectivity index (χ1) is 7.76. The fourth-order valence-corrected chi connectivity index (χ4v) is 2.32. The minimum Gasteiger partial charge on any atom is -0.385 e. The maximum Gasteiger partial charge on any atom is 0.237 e. The molecule has 1 atom stereocenters. The summed E-state index contributed by atoms with van der Waals surface area (Å²) < 4.78 is 5.10. The van der Waals surface area contributed by atoms with Crippen LogP contribution in [0.5, 0.6) is 0 Å². The van der Waals surface area contributed by atoms with Crippen molar-refractivity contribution in [2.24, 2.45) is 5.41 Å². The summed E-state index contributed by atoms with van der Waals surface area (Å²) >= 11 is 0. The summed E-state index contributed by atoms with van der Waals surface area (Å²) in [5.74, 6) is 0.182. The number of nitrogens with one attached hydrogen (secondary N) is 2. The molecule has 4 heteroatoms. The van der Waals surface area contributed by atoms with E-state index in [-0.39, 0.29) is 11.9 Å². The molecular formula is C12H22N2O2. The predicted octanol–water partition coefficient (Wildman–Crippen LogP) is 0.671. The van der Waals surface area contributed by atoms with E-state index in [4.69, 9.17) is 4.74 Å². The second-order valence-electron chi connectivity index (χ2n) is 5.11. The van der Waals surface area contributed by atoms with Crippen molar-refractivity contribution in [1.29, 1.82) is 0 Å². The van der Waals surface area contributed by atoms with Crippen LogP contribution in [-0.4, -0.2) is 38.8 Å². The molecule has 1 saturated carbocycles. The normalized spacial score (nSPS) is 26.7. The van der Waals surface area contributed by atoms with Crippen molar-refractivity contribution in [2.45, 2.75) is 38.1 Å². The van der Waals surface area contributed by atoms with Gasteiger partial charge in [0.2, 0.25) is 5.91 Å². The van der Waals surface area contributed by atoms with E-state index in [0.717, 1.165) is 39.0 Å². The van der Waals surface area contributed by atoms with Gasteiger partial charge < -0.3 is 15.4 Å². The molecule has 1 amide bonds. The molecule has 0 aromatic rings. The first-order valence-corrected chi connectivity index (χ1v) is 6.26. The number of hydrogen-bond donors (Lipinski definition) is 2. The molecule has 2 aliphatic rings. The molecule has 92 valence electrons. The van der Waals surface area contributed by atoms with Crippen molar-refractivity contribution < 1.29 is 9.53 Å². The fourth-order valence-electron chi connectivity index (χ4n) is 2.32. The highest BCUT2D eigenvalue weighted by Crippen LogP contribution is 2.48. The van der Waals surface area contributed by atoms with Gasteiger partial charge in [-0.05, 0) is 44.1 Å². The zero-order chi connectivity index (χ0) is 11.4. The fraction of sp³-hybridized carbons (Fsp3) is 0.917. The summed E-state index contributed by atoms with van der Waals surface area (Å²) in [6.07, 6.45) is 5.63. The van der Waals surface area contributed by atoms with Crippen molar-refractivity contribution in [3.63, 3.8) is 0 Å². The molecule has 0 bridgehead atoms. The van der Waals surface area contributed by atoms with E-state index in [1.54, 1.807) is 7.11 Å². The Kier molecular flexibility index (Phi) is 3.82. The molecule has 4 nitrogen and oxygen atoms in total. The zero-order valence-electron chi connectivity index (χ0n) is 10.1. The van der Waals surface area contributed by atoms with Gasteiger partial charge in [-0.15, -0.1) is 0 Å². The van der Waals surface area contributed by atoms with E-state index in [0.29, 0.717) is 5.41 Å². The van der Waals surface area contributed by atoms with Crippen LogP contribution in [0, 0.1) is 5.41 Å². The van der Waals surface area contributed by atoms with Crippen molar-refractivity contribution in [3.8, 4) is 0 Å².